The lowest BCUT2D eigenvalue weighted by atomic mass is 9.86. The zero-order valence-electron chi connectivity index (χ0n) is 13.7. The van der Waals surface area contributed by atoms with Gasteiger partial charge < -0.3 is 19.5 Å². The Morgan fingerprint density at radius 1 is 1.24 bits per heavy atom. The number of hydrogen-bond acceptors (Lipinski definition) is 4. The molecule has 1 aliphatic heterocycles. The number of carbonyl (C=O) groups is 2. The number of carboxylic acid groups (broad SMARTS) is 1. The molecule has 1 heterocycles. The number of carboxylic acids is 1. The van der Waals surface area contributed by atoms with Gasteiger partial charge in [0.25, 0.3) is 5.91 Å². The highest BCUT2D eigenvalue weighted by atomic mass is 19.4. The molecule has 1 saturated heterocycles. The van der Waals surface area contributed by atoms with Gasteiger partial charge in [-0.25, -0.2) is 0 Å². The monoisotopic (exact) mass is 361 g/mol. The van der Waals surface area contributed by atoms with Crippen LogP contribution >= 0.6 is 0 Å². The molecule has 1 N–H and O–H groups in total. The SMILES string of the molecule is COc1ccc(OC(C)C(=O)N2CCC(C(=O)O)(C(F)(F)F)C2)cc1. The molecule has 0 aliphatic carbocycles. The summed E-state index contributed by atoms with van der Waals surface area (Å²) in [6.07, 6.45) is -6.66. The molecule has 1 fully saturated rings. The predicted molar refractivity (Wildman–Crippen MR) is 80.4 cm³/mol. The van der Waals surface area contributed by atoms with Crippen molar-refractivity contribution in [2.45, 2.75) is 25.6 Å². The molecule has 9 heteroatoms. The molecular formula is C16H18F3NO5. The highest BCUT2D eigenvalue weighted by Gasteiger charge is 2.64. The lowest BCUT2D eigenvalue weighted by Crippen LogP contribution is -2.49. The van der Waals surface area contributed by atoms with Crippen molar-refractivity contribution >= 4 is 11.9 Å². The summed E-state index contributed by atoms with van der Waals surface area (Å²) in [6.45, 7) is 0.197. The van der Waals surface area contributed by atoms with Crippen molar-refractivity contribution < 1.29 is 37.3 Å². The highest BCUT2D eigenvalue weighted by molar-refractivity contribution is 5.84. The Morgan fingerprint density at radius 3 is 2.24 bits per heavy atom. The molecule has 1 aliphatic rings. The third-order valence-corrected chi connectivity index (χ3v) is 4.25. The molecule has 2 unspecified atom stereocenters. The molecule has 0 radical (unpaired) electrons. The van der Waals surface area contributed by atoms with Crippen LogP contribution in [-0.4, -0.2) is 54.4 Å². The molecule has 0 aromatic heterocycles. The minimum absolute atomic E-state index is 0.291. The van der Waals surface area contributed by atoms with E-state index in [1.165, 1.54) is 14.0 Å². The molecule has 2 atom stereocenters. The number of likely N-dealkylation sites (tertiary alicyclic amines) is 1. The number of ether oxygens (including phenoxy) is 2. The summed E-state index contributed by atoms with van der Waals surface area (Å²) in [5, 5.41) is 9.02. The summed E-state index contributed by atoms with van der Waals surface area (Å²) in [7, 11) is 1.49. The molecule has 2 rings (SSSR count). The first-order chi connectivity index (χ1) is 11.6. The number of methoxy groups -OCH3 is 1. The smallest absolute Gasteiger partial charge is 0.406 e. The fourth-order valence-corrected chi connectivity index (χ4v) is 2.69. The average Bonchev–Trinajstić information content (AvgIpc) is 3.01. The third-order valence-electron chi connectivity index (χ3n) is 4.25. The second-order valence-electron chi connectivity index (χ2n) is 5.83. The average molecular weight is 361 g/mol. The second kappa shape index (κ2) is 6.81. The van der Waals surface area contributed by atoms with Crippen LogP contribution in [0.2, 0.25) is 0 Å². The quantitative estimate of drug-likeness (QED) is 0.871. The van der Waals surface area contributed by atoms with Gasteiger partial charge in [-0.3, -0.25) is 9.59 Å². The zero-order chi connectivity index (χ0) is 18.8. The molecule has 0 bridgehead atoms. The van der Waals surface area contributed by atoms with Crippen molar-refractivity contribution in [2.24, 2.45) is 5.41 Å². The number of alkyl halides is 3. The van der Waals surface area contributed by atoms with E-state index in [1.807, 2.05) is 0 Å². The Bertz CT molecular complexity index is 646. The van der Waals surface area contributed by atoms with Crippen LogP contribution < -0.4 is 9.47 Å². The minimum atomic E-state index is -4.94. The number of amides is 1. The van der Waals surface area contributed by atoms with Gasteiger partial charge in [-0.1, -0.05) is 0 Å². The van der Waals surface area contributed by atoms with Crippen LogP contribution in [0.4, 0.5) is 13.2 Å². The lowest BCUT2D eigenvalue weighted by molar-refractivity contribution is -0.227. The first-order valence-corrected chi connectivity index (χ1v) is 7.50. The van der Waals surface area contributed by atoms with Crippen molar-refractivity contribution in [3.8, 4) is 11.5 Å². The summed E-state index contributed by atoms with van der Waals surface area (Å²) >= 11 is 0. The van der Waals surface area contributed by atoms with Gasteiger partial charge >= 0.3 is 12.1 Å². The van der Waals surface area contributed by atoms with Gasteiger partial charge in [0, 0.05) is 13.1 Å². The number of carbonyl (C=O) groups excluding carboxylic acids is 1. The molecule has 0 spiro atoms. The van der Waals surface area contributed by atoms with Crippen LogP contribution in [0.1, 0.15) is 13.3 Å². The fourth-order valence-electron chi connectivity index (χ4n) is 2.69. The van der Waals surface area contributed by atoms with Crippen LogP contribution in [-0.2, 0) is 9.59 Å². The van der Waals surface area contributed by atoms with E-state index in [1.54, 1.807) is 24.3 Å². The second-order valence-corrected chi connectivity index (χ2v) is 5.83. The summed E-state index contributed by atoms with van der Waals surface area (Å²) in [6, 6.07) is 6.34. The maximum absolute atomic E-state index is 13.2. The number of hydrogen-bond donors (Lipinski definition) is 1. The Hall–Kier alpha value is -2.45. The van der Waals surface area contributed by atoms with E-state index >= 15 is 0 Å². The van der Waals surface area contributed by atoms with E-state index < -0.39 is 42.5 Å². The van der Waals surface area contributed by atoms with Crippen LogP contribution in [0.3, 0.4) is 0 Å². The van der Waals surface area contributed by atoms with E-state index in [9.17, 15) is 22.8 Å². The van der Waals surface area contributed by atoms with Crippen LogP contribution in [0, 0.1) is 5.41 Å². The van der Waals surface area contributed by atoms with Gasteiger partial charge in [0.15, 0.2) is 11.5 Å². The molecule has 0 saturated carbocycles. The molecule has 25 heavy (non-hydrogen) atoms. The van der Waals surface area contributed by atoms with E-state index in [4.69, 9.17) is 14.6 Å². The van der Waals surface area contributed by atoms with Crippen molar-refractivity contribution in [1.82, 2.24) is 4.90 Å². The fraction of sp³-hybridized carbons (Fsp3) is 0.500. The first-order valence-electron chi connectivity index (χ1n) is 7.50. The van der Waals surface area contributed by atoms with Gasteiger partial charge in [0.05, 0.1) is 7.11 Å². The third kappa shape index (κ3) is 3.64. The van der Waals surface area contributed by atoms with E-state index in [0.29, 0.717) is 11.5 Å². The molecule has 6 nitrogen and oxygen atoms in total. The molecule has 1 aromatic carbocycles. The Kier molecular flexibility index (Phi) is 5.15. The van der Waals surface area contributed by atoms with Crippen LogP contribution in [0.25, 0.3) is 0 Å². The molecular weight excluding hydrogens is 343 g/mol. The maximum atomic E-state index is 13.2. The number of benzene rings is 1. The summed E-state index contributed by atoms with van der Waals surface area (Å²) in [5.41, 5.74) is -2.93. The Labute approximate surface area is 142 Å². The van der Waals surface area contributed by atoms with E-state index in [2.05, 4.69) is 0 Å². The topological polar surface area (TPSA) is 76.1 Å². The van der Waals surface area contributed by atoms with Crippen molar-refractivity contribution in [3.05, 3.63) is 24.3 Å². The number of nitrogens with zero attached hydrogens (tertiary/aromatic N) is 1. The summed E-state index contributed by atoms with van der Waals surface area (Å²) in [5.74, 6) is -1.73. The van der Waals surface area contributed by atoms with Crippen molar-refractivity contribution in [3.63, 3.8) is 0 Å². The largest absolute Gasteiger partial charge is 0.497 e. The highest BCUT2D eigenvalue weighted by Crippen LogP contribution is 2.45. The minimum Gasteiger partial charge on any atom is -0.497 e. The lowest BCUT2D eigenvalue weighted by Gasteiger charge is -2.28. The number of rotatable bonds is 5. The zero-order valence-corrected chi connectivity index (χ0v) is 13.7. The van der Waals surface area contributed by atoms with E-state index in [-0.39, 0.29) is 6.54 Å². The van der Waals surface area contributed by atoms with Gasteiger partial charge in [0.1, 0.15) is 11.5 Å². The number of aliphatic carboxylic acids is 1. The Balaban J connectivity index is 2.06. The van der Waals surface area contributed by atoms with Crippen LogP contribution in [0.5, 0.6) is 11.5 Å². The predicted octanol–water partition coefficient (Wildman–Crippen LogP) is 2.33. The molecule has 138 valence electrons. The van der Waals surface area contributed by atoms with Crippen molar-refractivity contribution in [1.29, 1.82) is 0 Å². The molecule has 1 aromatic rings. The van der Waals surface area contributed by atoms with E-state index in [0.717, 1.165) is 4.90 Å². The van der Waals surface area contributed by atoms with Crippen molar-refractivity contribution in [2.75, 3.05) is 20.2 Å². The van der Waals surface area contributed by atoms with Gasteiger partial charge in [-0.05, 0) is 37.6 Å². The Morgan fingerprint density at radius 2 is 1.80 bits per heavy atom. The number of halogens is 3. The van der Waals surface area contributed by atoms with Gasteiger partial charge in [-0.15, -0.1) is 0 Å². The van der Waals surface area contributed by atoms with Gasteiger partial charge in [-0.2, -0.15) is 13.2 Å². The first kappa shape index (κ1) is 18.9. The van der Waals surface area contributed by atoms with Gasteiger partial charge in [0.2, 0.25) is 0 Å². The normalized spacial score (nSPS) is 21.7. The maximum Gasteiger partial charge on any atom is 0.406 e. The summed E-state index contributed by atoms with van der Waals surface area (Å²) < 4.78 is 49.9. The van der Waals surface area contributed by atoms with Crippen LogP contribution in [0.15, 0.2) is 24.3 Å². The standard InChI is InChI=1S/C16H18F3NO5/c1-10(25-12-5-3-11(24-2)4-6-12)13(21)20-8-7-15(9-20,14(22)23)16(17,18)19/h3-6,10H,7-9H2,1-2H3,(H,22,23). The summed E-state index contributed by atoms with van der Waals surface area (Å²) in [4.78, 5) is 24.4. The molecule has 1 amide bonds.